The van der Waals surface area contributed by atoms with Crippen LogP contribution in [0.1, 0.15) is 28.1 Å². The smallest absolute Gasteiger partial charge is 0.336 e. The van der Waals surface area contributed by atoms with Crippen LogP contribution in [0.25, 0.3) is 10.1 Å². The van der Waals surface area contributed by atoms with Gasteiger partial charge in [-0.3, -0.25) is 0 Å². The van der Waals surface area contributed by atoms with Gasteiger partial charge in [-0.2, -0.15) is 0 Å². The molecule has 1 aliphatic carbocycles. The summed E-state index contributed by atoms with van der Waals surface area (Å²) in [6, 6.07) is 8.13. The summed E-state index contributed by atoms with van der Waals surface area (Å²) in [5.41, 5.74) is 0.399. The number of rotatable bonds is 4. The first kappa shape index (κ1) is 10.7. The molecular formula is C13H13NO2S. The summed E-state index contributed by atoms with van der Waals surface area (Å²) in [7, 11) is 0. The molecule has 2 aromatic rings. The molecule has 0 amide bonds. The monoisotopic (exact) mass is 247 g/mol. The summed E-state index contributed by atoms with van der Waals surface area (Å²) >= 11 is 1.67. The lowest BCUT2D eigenvalue weighted by atomic mass is 10.1. The number of hydrogen-bond donors (Lipinski definition) is 2. The van der Waals surface area contributed by atoms with E-state index in [0.717, 1.165) is 16.6 Å². The summed E-state index contributed by atoms with van der Waals surface area (Å²) in [6.45, 7) is 0.850. The van der Waals surface area contributed by atoms with Crippen molar-refractivity contribution in [1.82, 2.24) is 5.32 Å². The van der Waals surface area contributed by atoms with E-state index < -0.39 is 5.97 Å². The molecule has 0 aliphatic heterocycles. The van der Waals surface area contributed by atoms with Gasteiger partial charge in [-0.05, 0) is 31.0 Å². The maximum atomic E-state index is 11.1. The number of thiophene rings is 1. The van der Waals surface area contributed by atoms with E-state index in [9.17, 15) is 4.79 Å². The fraction of sp³-hybridized carbons (Fsp3) is 0.308. The Labute approximate surface area is 103 Å². The van der Waals surface area contributed by atoms with Gasteiger partial charge in [0.1, 0.15) is 0 Å². The molecule has 0 saturated heterocycles. The van der Waals surface area contributed by atoms with Gasteiger partial charge in [-0.1, -0.05) is 6.07 Å². The van der Waals surface area contributed by atoms with Crippen molar-refractivity contribution in [2.24, 2.45) is 0 Å². The zero-order valence-electron chi connectivity index (χ0n) is 9.27. The van der Waals surface area contributed by atoms with Crippen molar-refractivity contribution in [3.8, 4) is 0 Å². The number of hydrogen-bond acceptors (Lipinski definition) is 3. The van der Waals surface area contributed by atoms with Gasteiger partial charge in [0.25, 0.3) is 0 Å². The number of aromatic carboxylic acids is 1. The molecule has 4 heteroatoms. The molecule has 1 aromatic heterocycles. The summed E-state index contributed by atoms with van der Waals surface area (Å²) in [6.07, 6.45) is 2.54. The number of fused-ring (bicyclic) bond motifs is 1. The molecule has 17 heavy (non-hydrogen) atoms. The largest absolute Gasteiger partial charge is 0.478 e. The van der Waals surface area contributed by atoms with Gasteiger partial charge in [0.2, 0.25) is 0 Å². The molecule has 0 unspecified atom stereocenters. The lowest BCUT2D eigenvalue weighted by Crippen LogP contribution is -2.14. The zero-order chi connectivity index (χ0) is 11.8. The molecule has 1 heterocycles. The highest BCUT2D eigenvalue weighted by Gasteiger charge is 2.20. The molecule has 3 nitrogen and oxygen atoms in total. The molecule has 1 aliphatic rings. The minimum atomic E-state index is -0.852. The third kappa shape index (κ3) is 2.18. The third-order valence-electron chi connectivity index (χ3n) is 2.99. The fourth-order valence-electron chi connectivity index (χ4n) is 1.92. The van der Waals surface area contributed by atoms with Crippen LogP contribution in [0.5, 0.6) is 0 Å². The summed E-state index contributed by atoms with van der Waals surface area (Å²) in [4.78, 5) is 12.3. The number of carboxylic acids is 1. The Morgan fingerprint density at radius 3 is 3.00 bits per heavy atom. The number of benzene rings is 1. The minimum Gasteiger partial charge on any atom is -0.478 e. The summed E-state index contributed by atoms with van der Waals surface area (Å²) in [5.74, 6) is -0.852. The second-order valence-electron chi connectivity index (χ2n) is 4.39. The Balaban J connectivity index is 1.93. The first-order valence-corrected chi connectivity index (χ1v) is 6.54. The molecule has 0 spiro atoms. The van der Waals surface area contributed by atoms with Crippen LogP contribution >= 0.6 is 11.3 Å². The lowest BCUT2D eigenvalue weighted by Gasteiger charge is -1.97. The van der Waals surface area contributed by atoms with Crippen LogP contribution in [-0.2, 0) is 6.54 Å². The molecule has 0 atom stereocenters. The van der Waals surface area contributed by atoms with Gasteiger partial charge in [-0.25, -0.2) is 4.79 Å². The fourth-order valence-corrected chi connectivity index (χ4v) is 2.96. The summed E-state index contributed by atoms with van der Waals surface area (Å²) < 4.78 is 1.05. The summed E-state index contributed by atoms with van der Waals surface area (Å²) in [5, 5.41) is 13.4. The van der Waals surface area contributed by atoms with Gasteiger partial charge in [0, 0.05) is 27.5 Å². The van der Waals surface area contributed by atoms with Gasteiger partial charge in [0.05, 0.1) is 5.56 Å². The quantitative estimate of drug-likeness (QED) is 0.873. The predicted octanol–water partition coefficient (Wildman–Crippen LogP) is 2.85. The normalized spacial score (nSPS) is 15.3. The highest BCUT2D eigenvalue weighted by Crippen LogP contribution is 2.29. The van der Waals surface area contributed by atoms with E-state index in [1.54, 1.807) is 23.5 Å². The molecular weight excluding hydrogens is 234 g/mol. The van der Waals surface area contributed by atoms with Crippen LogP contribution in [-0.4, -0.2) is 17.1 Å². The minimum absolute atomic E-state index is 0.399. The molecule has 1 fully saturated rings. The first-order valence-electron chi connectivity index (χ1n) is 5.72. The first-order chi connectivity index (χ1) is 8.24. The van der Waals surface area contributed by atoms with E-state index in [1.807, 2.05) is 12.1 Å². The van der Waals surface area contributed by atoms with Crippen molar-refractivity contribution in [3.63, 3.8) is 0 Å². The van der Waals surface area contributed by atoms with Crippen molar-refractivity contribution in [2.75, 3.05) is 0 Å². The number of nitrogens with one attached hydrogen (secondary N) is 1. The Hall–Kier alpha value is -1.39. The Bertz CT molecular complexity index is 572. The second kappa shape index (κ2) is 4.13. The molecule has 1 aromatic carbocycles. The van der Waals surface area contributed by atoms with E-state index in [2.05, 4.69) is 5.32 Å². The third-order valence-corrected chi connectivity index (χ3v) is 4.09. The van der Waals surface area contributed by atoms with Crippen LogP contribution in [0.3, 0.4) is 0 Å². The second-order valence-corrected chi connectivity index (χ2v) is 5.56. The van der Waals surface area contributed by atoms with Crippen LogP contribution in [0.2, 0.25) is 0 Å². The van der Waals surface area contributed by atoms with Gasteiger partial charge >= 0.3 is 5.97 Å². The number of carbonyl (C=O) groups is 1. The van der Waals surface area contributed by atoms with Crippen molar-refractivity contribution in [1.29, 1.82) is 0 Å². The molecule has 88 valence electrons. The van der Waals surface area contributed by atoms with Crippen molar-refractivity contribution in [2.45, 2.75) is 25.4 Å². The molecule has 1 saturated carbocycles. The number of carboxylic acid groups (broad SMARTS) is 1. The Morgan fingerprint density at radius 2 is 2.29 bits per heavy atom. The maximum Gasteiger partial charge on any atom is 0.336 e. The van der Waals surface area contributed by atoms with E-state index in [0.29, 0.717) is 11.6 Å². The molecule has 0 radical (unpaired) electrons. The Kier molecular flexibility index (Phi) is 2.61. The van der Waals surface area contributed by atoms with E-state index in [-0.39, 0.29) is 0 Å². The van der Waals surface area contributed by atoms with E-state index >= 15 is 0 Å². The highest BCUT2D eigenvalue weighted by atomic mass is 32.1. The average molecular weight is 247 g/mol. The zero-order valence-corrected chi connectivity index (χ0v) is 10.1. The van der Waals surface area contributed by atoms with Crippen molar-refractivity contribution in [3.05, 3.63) is 34.7 Å². The standard InChI is InChI=1S/C13H13NO2S/c15-13(16)10-2-1-3-12-11(10)6-9(17-12)7-14-8-4-5-8/h1-3,6,8,14H,4-5,7H2,(H,15,16). The lowest BCUT2D eigenvalue weighted by molar-refractivity contribution is 0.0699. The van der Waals surface area contributed by atoms with Crippen LogP contribution in [0, 0.1) is 0 Å². The Morgan fingerprint density at radius 1 is 1.47 bits per heavy atom. The van der Waals surface area contributed by atoms with Crippen molar-refractivity contribution >= 4 is 27.4 Å². The van der Waals surface area contributed by atoms with E-state index in [1.165, 1.54) is 17.7 Å². The highest BCUT2D eigenvalue weighted by molar-refractivity contribution is 7.19. The molecule has 2 N–H and O–H groups in total. The topological polar surface area (TPSA) is 49.3 Å². The van der Waals surface area contributed by atoms with E-state index in [4.69, 9.17) is 5.11 Å². The maximum absolute atomic E-state index is 11.1. The van der Waals surface area contributed by atoms with Crippen LogP contribution in [0.4, 0.5) is 0 Å². The molecule has 3 rings (SSSR count). The van der Waals surface area contributed by atoms with Gasteiger partial charge in [-0.15, -0.1) is 11.3 Å². The van der Waals surface area contributed by atoms with Crippen LogP contribution in [0.15, 0.2) is 24.3 Å². The van der Waals surface area contributed by atoms with Crippen LogP contribution < -0.4 is 5.32 Å². The molecule has 0 bridgehead atoms. The van der Waals surface area contributed by atoms with Crippen molar-refractivity contribution < 1.29 is 9.90 Å². The predicted molar refractivity (Wildman–Crippen MR) is 68.6 cm³/mol. The SMILES string of the molecule is O=C(O)c1cccc2sc(CNC3CC3)cc12. The average Bonchev–Trinajstić information content (AvgIpc) is 3.04. The van der Waals surface area contributed by atoms with Gasteiger partial charge < -0.3 is 10.4 Å². The van der Waals surface area contributed by atoms with Gasteiger partial charge in [0.15, 0.2) is 0 Å².